The van der Waals surface area contributed by atoms with Gasteiger partial charge in [-0.3, -0.25) is 4.79 Å². The summed E-state index contributed by atoms with van der Waals surface area (Å²) in [6, 6.07) is 17.2. The summed E-state index contributed by atoms with van der Waals surface area (Å²) in [5.41, 5.74) is 1.89. The van der Waals surface area contributed by atoms with E-state index in [0.717, 1.165) is 11.3 Å². The van der Waals surface area contributed by atoms with E-state index in [2.05, 4.69) is 20.6 Å². The van der Waals surface area contributed by atoms with Gasteiger partial charge in [0, 0.05) is 11.2 Å². The number of nitrogens with one attached hydrogen (secondary N) is 2. The van der Waals surface area contributed by atoms with Crippen LogP contribution in [-0.2, 0) is 6.61 Å². The van der Waals surface area contributed by atoms with E-state index in [9.17, 15) is 4.79 Å². The molecule has 0 aliphatic carbocycles. The minimum absolute atomic E-state index is 0.122. The Kier molecular flexibility index (Phi) is 5.89. The molecule has 0 fully saturated rings. The molecule has 0 saturated heterocycles. The van der Waals surface area contributed by atoms with Gasteiger partial charge >= 0.3 is 0 Å². The number of ether oxygens (including phenoxy) is 1. The fourth-order valence-corrected chi connectivity index (χ4v) is 2.46. The molecule has 0 radical (unpaired) electrons. The summed E-state index contributed by atoms with van der Waals surface area (Å²) >= 11 is 0. The average Bonchev–Trinajstić information content (AvgIpc) is 2.67. The maximum Gasteiger partial charge on any atom is 0.275 e. The lowest BCUT2D eigenvalue weighted by Crippen LogP contribution is -2.27. The Hall–Kier alpha value is -3.41. The van der Waals surface area contributed by atoms with Crippen molar-refractivity contribution in [2.75, 3.05) is 10.6 Å². The van der Waals surface area contributed by atoms with Crippen LogP contribution in [0.1, 0.15) is 36.8 Å². The van der Waals surface area contributed by atoms with Crippen molar-refractivity contribution in [2.24, 2.45) is 0 Å². The van der Waals surface area contributed by atoms with Gasteiger partial charge in [-0.2, -0.15) is 0 Å². The van der Waals surface area contributed by atoms with E-state index in [-0.39, 0.29) is 17.1 Å². The summed E-state index contributed by atoms with van der Waals surface area (Å²) in [6.07, 6.45) is 3.02. The average molecular weight is 376 g/mol. The molecule has 1 aromatic heterocycles. The Morgan fingerprint density at radius 1 is 0.964 bits per heavy atom. The molecule has 6 nitrogen and oxygen atoms in total. The van der Waals surface area contributed by atoms with Crippen molar-refractivity contribution in [3.63, 3.8) is 0 Å². The topological polar surface area (TPSA) is 76.1 Å². The molecular weight excluding hydrogens is 352 g/mol. The van der Waals surface area contributed by atoms with Crippen molar-refractivity contribution >= 4 is 17.4 Å². The van der Waals surface area contributed by atoms with Crippen molar-refractivity contribution in [2.45, 2.75) is 32.9 Å². The van der Waals surface area contributed by atoms with Gasteiger partial charge in [0.15, 0.2) is 0 Å². The van der Waals surface area contributed by atoms with Crippen LogP contribution in [0.2, 0.25) is 0 Å². The standard InChI is InChI=1S/C22H24N4O2/c1-22(2,3)26-20-14-23-19(13-24-20)21(27)25-17-9-11-18(12-10-17)28-15-16-7-5-4-6-8-16/h4-14H,15H2,1-3H3,(H,24,26)(H,25,27). The fraction of sp³-hybridized carbons (Fsp3) is 0.227. The number of benzene rings is 2. The van der Waals surface area contributed by atoms with Gasteiger partial charge in [0.05, 0.1) is 12.4 Å². The number of aromatic nitrogens is 2. The minimum Gasteiger partial charge on any atom is -0.489 e. The third kappa shape index (κ3) is 5.81. The third-order valence-corrected chi connectivity index (χ3v) is 3.75. The Morgan fingerprint density at radius 3 is 2.29 bits per heavy atom. The highest BCUT2D eigenvalue weighted by molar-refractivity contribution is 6.02. The van der Waals surface area contributed by atoms with Crippen molar-refractivity contribution in [1.29, 1.82) is 0 Å². The normalized spacial score (nSPS) is 11.0. The number of anilines is 2. The summed E-state index contributed by atoms with van der Waals surface area (Å²) in [5, 5.41) is 6.02. The SMILES string of the molecule is CC(C)(C)Nc1cnc(C(=O)Nc2ccc(OCc3ccccc3)cc2)cn1. The fourth-order valence-electron chi connectivity index (χ4n) is 2.46. The molecule has 1 heterocycles. The lowest BCUT2D eigenvalue weighted by Gasteiger charge is -2.20. The van der Waals surface area contributed by atoms with Crippen molar-refractivity contribution in [3.05, 3.63) is 78.2 Å². The third-order valence-electron chi connectivity index (χ3n) is 3.75. The number of hydrogen-bond acceptors (Lipinski definition) is 5. The molecule has 0 aliphatic rings. The van der Waals surface area contributed by atoms with Crippen LogP contribution in [0.25, 0.3) is 0 Å². The highest BCUT2D eigenvalue weighted by Crippen LogP contribution is 2.18. The molecule has 28 heavy (non-hydrogen) atoms. The second-order valence-corrected chi connectivity index (χ2v) is 7.41. The van der Waals surface area contributed by atoms with Crippen LogP contribution in [0.15, 0.2) is 67.0 Å². The van der Waals surface area contributed by atoms with Gasteiger partial charge in [-0.25, -0.2) is 9.97 Å². The van der Waals surface area contributed by atoms with Gasteiger partial charge in [0.1, 0.15) is 23.9 Å². The zero-order valence-corrected chi connectivity index (χ0v) is 16.3. The molecule has 2 N–H and O–H groups in total. The highest BCUT2D eigenvalue weighted by atomic mass is 16.5. The molecule has 3 aromatic rings. The van der Waals surface area contributed by atoms with Gasteiger partial charge < -0.3 is 15.4 Å². The summed E-state index contributed by atoms with van der Waals surface area (Å²) in [6.45, 7) is 6.59. The van der Waals surface area contributed by atoms with Gasteiger partial charge in [-0.15, -0.1) is 0 Å². The number of carbonyl (C=O) groups excluding carboxylic acids is 1. The molecule has 6 heteroatoms. The van der Waals surface area contributed by atoms with Gasteiger partial charge in [-0.1, -0.05) is 30.3 Å². The maximum atomic E-state index is 12.3. The first-order valence-corrected chi connectivity index (χ1v) is 9.07. The molecule has 0 spiro atoms. The van der Waals surface area contributed by atoms with Crippen molar-refractivity contribution in [3.8, 4) is 5.75 Å². The van der Waals surface area contributed by atoms with Crippen LogP contribution in [0.5, 0.6) is 5.75 Å². The lowest BCUT2D eigenvalue weighted by molar-refractivity contribution is 0.102. The molecule has 0 atom stereocenters. The van der Waals surface area contributed by atoms with Crippen LogP contribution in [-0.4, -0.2) is 21.4 Å². The van der Waals surface area contributed by atoms with E-state index in [0.29, 0.717) is 18.1 Å². The number of nitrogens with zero attached hydrogens (tertiary/aromatic N) is 2. The summed E-state index contributed by atoms with van der Waals surface area (Å²) in [7, 11) is 0. The molecule has 0 bridgehead atoms. The zero-order valence-electron chi connectivity index (χ0n) is 16.3. The molecule has 0 saturated carbocycles. The number of carbonyl (C=O) groups is 1. The van der Waals surface area contributed by atoms with E-state index < -0.39 is 0 Å². The lowest BCUT2D eigenvalue weighted by atomic mass is 10.1. The Balaban J connectivity index is 1.55. The second-order valence-electron chi connectivity index (χ2n) is 7.41. The minimum atomic E-state index is -0.312. The first-order valence-electron chi connectivity index (χ1n) is 9.07. The summed E-state index contributed by atoms with van der Waals surface area (Å²) in [4.78, 5) is 20.8. The number of rotatable bonds is 6. The Morgan fingerprint density at radius 2 is 1.68 bits per heavy atom. The van der Waals surface area contributed by atoms with Crippen LogP contribution in [0.3, 0.4) is 0 Å². The van der Waals surface area contributed by atoms with Crippen LogP contribution >= 0.6 is 0 Å². The molecule has 144 valence electrons. The Labute approximate surface area is 165 Å². The molecule has 1 amide bonds. The molecule has 0 aliphatic heterocycles. The van der Waals surface area contributed by atoms with E-state index in [1.54, 1.807) is 18.3 Å². The van der Waals surface area contributed by atoms with E-state index in [1.165, 1.54) is 6.20 Å². The van der Waals surface area contributed by atoms with E-state index >= 15 is 0 Å². The van der Waals surface area contributed by atoms with Crippen LogP contribution in [0.4, 0.5) is 11.5 Å². The predicted octanol–water partition coefficient (Wildman–Crippen LogP) is 4.52. The van der Waals surface area contributed by atoms with Crippen LogP contribution in [0, 0.1) is 0 Å². The van der Waals surface area contributed by atoms with Gasteiger partial charge in [-0.05, 0) is 50.6 Å². The highest BCUT2D eigenvalue weighted by Gasteiger charge is 2.12. The molecular formula is C22H24N4O2. The summed E-state index contributed by atoms with van der Waals surface area (Å²) in [5.74, 6) is 1.05. The maximum absolute atomic E-state index is 12.3. The number of hydrogen-bond donors (Lipinski definition) is 2. The smallest absolute Gasteiger partial charge is 0.275 e. The van der Waals surface area contributed by atoms with E-state index in [4.69, 9.17) is 4.74 Å². The summed E-state index contributed by atoms with van der Waals surface area (Å²) < 4.78 is 5.75. The van der Waals surface area contributed by atoms with Crippen molar-refractivity contribution in [1.82, 2.24) is 9.97 Å². The van der Waals surface area contributed by atoms with Gasteiger partial charge in [0.25, 0.3) is 5.91 Å². The predicted molar refractivity (Wildman–Crippen MR) is 111 cm³/mol. The van der Waals surface area contributed by atoms with Crippen LogP contribution < -0.4 is 15.4 Å². The quantitative estimate of drug-likeness (QED) is 0.661. The van der Waals surface area contributed by atoms with Gasteiger partial charge in [0.2, 0.25) is 0 Å². The second kappa shape index (κ2) is 8.52. The zero-order chi connectivity index (χ0) is 20.0. The Bertz CT molecular complexity index is 902. The van der Waals surface area contributed by atoms with Crippen molar-refractivity contribution < 1.29 is 9.53 Å². The number of amides is 1. The monoisotopic (exact) mass is 376 g/mol. The molecule has 0 unspecified atom stereocenters. The molecule has 3 rings (SSSR count). The first-order chi connectivity index (χ1) is 13.4. The molecule has 2 aromatic carbocycles. The van der Waals surface area contributed by atoms with E-state index in [1.807, 2.05) is 63.2 Å². The first kappa shape index (κ1) is 19.4. The largest absolute Gasteiger partial charge is 0.489 e.